The summed E-state index contributed by atoms with van der Waals surface area (Å²) in [4.78, 5) is 4.01. The van der Waals surface area contributed by atoms with E-state index in [0.717, 1.165) is 5.56 Å². The summed E-state index contributed by atoms with van der Waals surface area (Å²) in [6.07, 6.45) is 0. The van der Waals surface area contributed by atoms with Crippen molar-refractivity contribution in [3.63, 3.8) is 0 Å². The molecule has 0 fully saturated rings. The van der Waals surface area contributed by atoms with Crippen LogP contribution in [0.1, 0.15) is 5.82 Å². The second-order valence-corrected chi connectivity index (χ2v) is 2.65. The van der Waals surface area contributed by atoms with Gasteiger partial charge in [0, 0.05) is 5.56 Å². The molecule has 66 valence electrons. The molecule has 0 radical (unpaired) electrons. The maximum atomic E-state index is 12.5. The molecular formula is C9H7FN2O. The van der Waals surface area contributed by atoms with Crippen LogP contribution >= 0.6 is 0 Å². The molecule has 13 heavy (non-hydrogen) atoms. The average molecular weight is 178 g/mol. The lowest BCUT2D eigenvalue weighted by atomic mass is 10.2. The van der Waals surface area contributed by atoms with E-state index in [0.29, 0.717) is 11.7 Å². The zero-order valence-electron chi connectivity index (χ0n) is 6.99. The topological polar surface area (TPSA) is 38.9 Å². The van der Waals surface area contributed by atoms with Crippen molar-refractivity contribution in [1.29, 1.82) is 0 Å². The first-order valence-corrected chi connectivity index (χ1v) is 3.82. The highest BCUT2D eigenvalue weighted by Crippen LogP contribution is 2.16. The van der Waals surface area contributed by atoms with Crippen LogP contribution in [0.3, 0.4) is 0 Å². The van der Waals surface area contributed by atoms with Gasteiger partial charge >= 0.3 is 0 Å². The van der Waals surface area contributed by atoms with E-state index < -0.39 is 0 Å². The molecule has 0 spiro atoms. The molecule has 0 bridgehead atoms. The zero-order valence-corrected chi connectivity index (χ0v) is 6.99. The fraction of sp³-hybridized carbons (Fsp3) is 0.111. The Balaban J connectivity index is 2.41. The van der Waals surface area contributed by atoms with Gasteiger partial charge in [-0.15, -0.1) is 0 Å². The van der Waals surface area contributed by atoms with Gasteiger partial charge in [-0.25, -0.2) is 4.39 Å². The molecule has 2 rings (SSSR count). The van der Waals surface area contributed by atoms with Crippen molar-refractivity contribution in [2.24, 2.45) is 0 Å². The number of benzene rings is 1. The lowest BCUT2D eigenvalue weighted by molar-refractivity contribution is 0.425. The second kappa shape index (κ2) is 2.97. The summed E-state index contributed by atoms with van der Waals surface area (Å²) in [5.74, 6) is 0.705. The van der Waals surface area contributed by atoms with Crippen molar-refractivity contribution in [3.8, 4) is 11.5 Å². The van der Waals surface area contributed by atoms with E-state index in [2.05, 4.69) is 10.1 Å². The van der Waals surface area contributed by atoms with Crippen LogP contribution in [0.4, 0.5) is 4.39 Å². The third-order valence-corrected chi connectivity index (χ3v) is 1.62. The van der Waals surface area contributed by atoms with Crippen molar-refractivity contribution in [2.75, 3.05) is 0 Å². The van der Waals surface area contributed by atoms with Crippen molar-refractivity contribution in [1.82, 2.24) is 10.1 Å². The van der Waals surface area contributed by atoms with E-state index in [4.69, 9.17) is 4.52 Å². The Kier molecular flexibility index (Phi) is 1.81. The van der Waals surface area contributed by atoms with Gasteiger partial charge in [-0.05, 0) is 31.2 Å². The molecule has 0 aliphatic heterocycles. The third-order valence-electron chi connectivity index (χ3n) is 1.62. The summed E-state index contributed by atoms with van der Waals surface area (Å²) in [6, 6.07) is 5.91. The minimum absolute atomic E-state index is 0.278. The van der Waals surface area contributed by atoms with Crippen LogP contribution in [0, 0.1) is 12.7 Å². The maximum absolute atomic E-state index is 12.5. The predicted octanol–water partition coefficient (Wildman–Crippen LogP) is 2.18. The van der Waals surface area contributed by atoms with E-state index in [-0.39, 0.29) is 5.82 Å². The summed E-state index contributed by atoms with van der Waals surface area (Å²) < 4.78 is 17.4. The van der Waals surface area contributed by atoms with Gasteiger partial charge in [0.05, 0.1) is 0 Å². The molecule has 0 N–H and O–H groups in total. The number of aryl methyl sites for hydroxylation is 1. The van der Waals surface area contributed by atoms with Crippen LogP contribution in [0.5, 0.6) is 0 Å². The lowest BCUT2D eigenvalue weighted by Gasteiger charge is -1.91. The minimum Gasteiger partial charge on any atom is -0.334 e. The second-order valence-electron chi connectivity index (χ2n) is 2.65. The molecule has 0 unspecified atom stereocenters. The number of nitrogens with zero attached hydrogens (tertiary/aromatic N) is 2. The highest BCUT2D eigenvalue weighted by atomic mass is 19.1. The molecule has 0 saturated heterocycles. The normalized spacial score (nSPS) is 10.3. The van der Waals surface area contributed by atoms with Crippen molar-refractivity contribution in [2.45, 2.75) is 6.92 Å². The SMILES string of the molecule is Cc1noc(-c2ccc(F)cc2)n1. The molecule has 0 aliphatic rings. The summed E-state index contributed by atoms with van der Waals surface area (Å²) in [5, 5.41) is 3.64. The Morgan fingerprint density at radius 1 is 1.23 bits per heavy atom. The van der Waals surface area contributed by atoms with Gasteiger partial charge in [0.2, 0.25) is 0 Å². The van der Waals surface area contributed by atoms with Gasteiger partial charge in [0.1, 0.15) is 5.82 Å². The summed E-state index contributed by atoms with van der Waals surface area (Å²) in [7, 11) is 0. The van der Waals surface area contributed by atoms with E-state index in [9.17, 15) is 4.39 Å². The highest BCUT2D eigenvalue weighted by Gasteiger charge is 2.04. The number of hydrogen-bond acceptors (Lipinski definition) is 3. The van der Waals surface area contributed by atoms with Crippen LogP contribution in [0.25, 0.3) is 11.5 Å². The average Bonchev–Trinajstić information content (AvgIpc) is 2.53. The summed E-state index contributed by atoms with van der Waals surface area (Å²) in [6.45, 7) is 1.73. The first-order valence-electron chi connectivity index (χ1n) is 3.82. The zero-order chi connectivity index (χ0) is 9.26. The van der Waals surface area contributed by atoms with E-state index in [1.807, 2.05) is 0 Å². The van der Waals surface area contributed by atoms with Crippen molar-refractivity contribution in [3.05, 3.63) is 35.9 Å². The molecule has 1 heterocycles. The number of hydrogen-bond donors (Lipinski definition) is 0. The number of aromatic nitrogens is 2. The quantitative estimate of drug-likeness (QED) is 0.671. The van der Waals surface area contributed by atoms with Gasteiger partial charge in [-0.1, -0.05) is 5.16 Å². The Morgan fingerprint density at radius 3 is 2.46 bits per heavy atom. The van der Waals surface area contributed by atoms with E-state index >= 15 is 0 Å². The fourth-order valence-electron chi connectivity index (χ4n) is 1.01. The molecule has 4 heteroatoms. The standard InChI is InChI=1S/C9H7FN2O/c1-6-11-9(13-12-6)7-2-4-8(10)5-3-7/h2-5H,1H3. The van der Waals surface area contributed by atoms with Crippen molar-refractivity contribution < 1.29 is 8.91 Å². The molecule has 1 aromatic heterocycles. The lowest BCUT2D eigenvalue weighted by Crippen LogP contribution is -1.78. The van der Waals surface area contributed by atoms with Gasteiger partial charge < -0.3 is 4.52 Å². The van der Waals surface area contributed by atoms with E-state index in [1.54, 1.807) is 19.1 Å². The molecule has 0 atom stereocenters. The number of halogens is 1. The summed E-state index contributed by atoms with van der Waals surface area (Å²) >= 11 is 0. The highest BCUT2D eigenvalue weighted by molar-refractivity contribution is 5.52. The molecule has 0 amide bonds. The van der Waals surface area contributed by atoms with Crippen molar-refractivity contribution >= 4 is 0 Å². The maximum Gasteiger partial charge on any atom is 0.257 e. The van der Waals surface area contributed by atoms with Crippen LogP contribution in [-0.2, 0) is 0 Å². The predicted molar refractivity (Wildman–Crippen MR) is 44.4 cm³/mol. The first-order chi connectivity index (χ1) is 6.25. The molecule has 0 aliphatic carbocycles. The first kappa shape index (κ1) is 7.91. The fourth-order valence-corrected chi connectivity index (χ4v) is 1.01. The Morgan fingerprint density at radius 2 is 1.92 bits per heavy atom. The monoisotopic (exact) mass is 178 g/mol. The molecule has 0 saturated carbocycles. The Labute approximate surface area is 74.2 Å². The van der Waals surface area contributed by atoms with E-state index in [1.165, 1.54) is 12.1 Å². The Bertz CT molecular complexity index is 408. The number of rotatable bonds is 1. The molecular weight excluding hydrogens is 171 g/mol. The smallest absolute Gasteiger partial charge is 0.257 e. The van der Waals surface area contributed by atoms with Crippen LogP contribution in [0.15, 0.2) is 28.8 Å². The molecule has 2 aromatic rings. The largest absolute Gasteiger partial charge is 0.334 e. The third kappa shape index (κ3) is 1.56. The van der Waals surface area contributed by atoms with Crippen LogP contribution in [0.2, 0.25) is 0 Å². The minimum atomic E-state index is -0.278. The molecule has 1 aromatic carbocycles. The molecule has 3 nitrogen and oxygen atoms in total. The van der Waals surface area contributed by atoms with Gasteiger partial charge in [-0.3, -0.25) is 0 Å². The van der Waals surface area contributed by atoms with Crippen LogP contribution < -0.4 is 0 Å². The van der Waals surface area contributed by atoms with Gasteiger partial charge in [0.15, 0.2) is 5.82 Å². The summed E-state index contributed by atoms with van der Waals surface area (Å²) in [5.41, 5.74) is 0.724. The van der Waals surface area contributed by atoms with Crippen LogP contribution in [-0.4, -0.2) is 10.1 Å². The van der Waals surface area contributed by atoms with Gasteiger partial charge in [-0.2, -0.15) is 4.98 Å². The van der Waals surface area contributed by atoms with Gasteiger partial charge in [0.25, 0.3) is 5.89 Å². The Hall–Kier alpha value is -1.71.